The summed E-state index contributed by atoms with van der Waals surface area (Å²) in [7, 11) is 0. The first-order valence-corrected chi connectivity index (χ1v) is 8.09. The predicted octanol–water partition coefficient (Wildman–Crippen LogP) is 4.16. The van der Waals surface area contributed by atoms with Gasteiger partial charge >= 0.3 is 0 Å². The van der Waals surface area contributed by atoms with Gasteiger partial charge in [0.2, 0.25) is 5.91 Å². The van der Waals surface area contributed by atoms with E-state index in [0.29, 0.717) is 5.71 Å². The molecule has 3 nitrogen and oxygen atoms in total. The van der Waals surface area contributed by atoms with Crippen LogP contribution in [0.4, 0.5) is 0 Å². The van der Waals surface area contributed by atoms with Crippen molar-refractivity contribution in [1.29, 1.82) is 0 Å². The van der Waals surface area contributed by atoms with Gasteiger partial charge in [0.05, 0.1) is 5.71 Å². The van der Waals surface area contributed by atoms with Gasteiger partial charge in [-0.3, -0.25) is 4.79 Å². The molecule has 0 heterocycles. The van der Waals surface area contributed by atoms with Gasteiger partial charge in [0, 0.05) is 6.92 Å². The van der Waals surface area contributed by atoms with Crippen molar-refractivity contribution in [3.05, 3.63) is 95.6 Å². The van der Waals surface area contributed by atoms with Gasteiger partial charge in [-0.15, -0.1) is 0 Å². The lowest BCUT2D eigenvalue weighted by molar-refractivity contribution is -0.115. The molecular formula is C22H19NO2. The lowest BCUT2D eigenvalue weighted by atomic mass is 9.89. The van der Waals surface area contributed by atoms with Gasteiger partial charge < -0.3 is 5.11 Å². The zero-order chi connectivity index (χ0) is 17.7. The smallest absolute Gasteiger partial charge is 0.243 e. The Kier molecular flexibility index (Phi) is 4.87. The SMILES string of the molecule is CC(=O)N=C1C=CC(O)(c2ccc(/C=C/c3ccccc3)cc2)C=C1. The van der Waals surface area contributed by atoms with E-state index in [2.05, 4.69) is 11.1 Å². The van der Waals surface area contributed by atoms with Crippen LogP contribution in [0, 0.1) is 0 Å². The molecule has 0 aliphatic heterocycles. The van der Waals surface area contributed by atoms with Crippen molar-refractivity contribution in [2.24, 2.45) is 4.99 Å². The van der Waals surface area contributed by atoms with Crippen LogP contribution >= 0.6 is 0 Å². The minimum Gasteiger partial charge on any atom is -0.377 e. The standard InChI is InChI=1S/C22H19NO2/c1-17(24)23-21-13-15-22(25,16-14-21)20-11-9-19(10-12-20)8-7-18-5-3-2-4-6-18/h2-16,25H,1H3/b8-7+,23-21?. The number of allylic oxidation sites excluding steroid dienone is 2. The van der Waals surface area contributed by atoms with Crippen LogP contribution in [0.5, 0.6) is 0 Å². The van der Waals surface area contributed by atoms with E-state index in [9.17, 15) is 9.90 Å². The summed E-state index contributed by atoms with van der Waals surface area (Å²) in [6.45, 7) is 1.40. The van der Waals surface area contributed by atoms with Crippen LogP contribution < -0.4 is 0 Å². The summed E-state index contributed by atoms with van der Waals surface area (Å²) in [6.07, 6.45) is 10.7. The number of carbonyl (C=O) groups is 1. The first-order valence-electron chi connectivity index (χ1n) is 8.09. The molecule has 1 aliphatic carbocycles. The molecule has 0 saturated carbocycles. The van der Waals surface area contributed by atoms with E-state index in [1.807, 2.05) is 60.7 Å². The largest absolute Gasteiger partial charge is 0.377 e. The number of nitrogens with zero attached hydrogens (tertiary/aromatic N) is 1. The van der Waals surface area contributed by atoms with Crippen molar-refractivity contribution in [1.82, 2.24) is 0 Å². The minimum absolute atomic E-state index is 0.260. The van der Waals surface area contributed by atoms with E-state index in [1.165, 1.54) is 6.92 Å². The van der Waals surface area contributed by atoms with Crippen molar-refractivity contribution in [2.45, 2.75) is 12.5 Å². The number of carbonyl (C=O) groups excluding carboxylic acids is 1. The summed E-state index contributed by atoms with van der Waals surface area (Å²) in [6, 6.07) is 17.8. The van der Waals surface area contributed by atoms with E-state index >= 15 is 0 Å². The van der Waals surface area contributed by atoms with Crippen molar-refractivity contribution in [2.75, 3.05) is 0 Å². The Morgan fingerprint density at radius 2 is 1.48 bits per heavy atom. The first-order chi connectivity index (χ1) is 12.0. The number of aliphatic imine (C=N–C) groups is 1. The Morgan fingerprint density at radius 3 is 2.04 bits per heavy atom. The summed E-state index contributed by atoms with van der Waals surface area (Å²) < 4.78 is 0. The molecule has 0 aromatic heterocycles. The van der Waals surface area contributed by atoms with Crippen LogP contribution in [0.2, 0.25) is 0 Å². The van der Waals surface area contributed by atoms with E-state index in [1.54, 1.807) is 24.3 Å². The molecule has 0 bridgehead atoms. The fourth-order valence-electron chi connectivity index (χ4n) is 2.60. The highest BCUT2D eigenvalue weighted by Crippen LogP contribution is 2.27. The van der Waals surface area contributed by atoms with Crippen molar-refractivity contribution < 1.29 is 9.90 Å². The second kappa shape index (κ2) is 7.24. The van der Waals surface area contributed by atoms with Gasteiger partial charge in [-0.05, 0) is 41.0 Å². The molecule has 0 saturated heterocycles. The van der Waals surface area contributed by atoms with Crippen LogP contribution in [0.1, 0.15) is 23.6 Å². The maximum absolute atomic E-state index is 11.0. The Bertz CT molecular complexity index is 856. The number of hydrogen-bond acceptors (Lipinski definition) is 2. The summed E-state index contributed by atoms with van der Waals surface area (Å²) >= 11 is 0. The van der Waals surface area contributed by atoms with Gasteiger partial charge in [0.1, 0.15) is 5.60 Å². The molecule has 2 aromatic rings. The van der Waals surface area contributed by atoms with E-state index in [4.69, 9.17) is 0 Å². The third kappa shape index (κ3) is 4.28. The molecule has 0 fully saturated rings. The Morgan fingerprint density at radius 1 is 0.920 bits per heavy atom. The molecule has 3 rings (SSSR count). The summed E-state index contributed by atoms with van der Waals surface area (Å²) in [5.41, 5.74) is 2.31. The van der Waals surface area contributed by atoms with Crippen LogP contribution in [0.3, 0.4) is 0 Å². The number of aliphatic hydroxyl groups is 1. The Labute approximate surface area is 147 Å². The topological polar surface area (TPSA) is 49.7 Å². The summed E-state index contributed by atoms with van der Waals surface area (Å²) in [5, 5.41) is 10.8. The highest BCUT2D eigenvalue weighted by Gasteiger charge is 2.24. The number of hydrogen-bond donors (Lipinski definition) is 1. The quantitative estimate of drug-likeness (QED) is 0.860. The highest BCUT2D eigenvalue weighted by atomic mass is 16.3. The Hall–Kier alpha value is -3.04. The number of amides is 1. The second-order valence-electron chi connectivity index (χ2n) is 5.91. The van der Waals surface area contributed by atoms with Gasteiger partial charge in [-0.2, -0.15) is 0 Å². The van der Waals surface area contributed by atoms with Gasteiger partial charge in [0.25, 0.3) is 0 Å². The molecule has 1 amide bonds. The molecule has 124 valence electrons. The molecule has 1 N–H and O–H groups in total. The molecule has 3 heteroatoms. The normalized spacial score (nSPS) is 19.4. The number of rotatable bonds is 3. The zero-order valence-corrected chi connectivity index (χ0v) is 14.0. The van der Waals surface area contributed by atoms with Gasteiger partial charge in [-0.1, -0.05) is 66.7 Å². The fourth-order valence-corrected chi connectivity index (χ4v) is 2.60. The van der Waals surface area contributed by atoms with Gasteiger partial charge in [-0.25, -0.2) is 4.99 Å². The van der Waals surface area contributed by atoms with Crippen LogP contribution in [-0.4, -0.2) is 16.7 Å². The molecule has 0 spiro atoms. The van der Waals surface area contributed by atoms with E-state index < -0.39 is 5.60 Å². The molecule has 2 aromatic carbocycles. The average Bonchev–Trinajstić information content (AvgIpc) is 2.63. The van der Waals surface area contributed by atoms with E-state index in [-0.39, 0.29) is 5.91 Å². The van der Waals surface area contributed by atoms with Crippen LogP contribution in [-0.2, 0) is 10.4 Å². The summed E-state index contributed by atoms with van der Waals surface area (Å²) in [4.78, 5) is 14.9. The number of benzene rings is 2. The molecule has 0 radical (unpaired) electrons. The van der Waals surface area contributed by atoms with Crippen molar-refractivity contribution >= 4 is 23.8 Å². The van der Waals surface area contributed by atoms with E-state index in [0.717, 1.165) is 16.7 Å². The predicted molar refractivity (Wildman–Crippen MR) is 102 cm³/mol. The molecular weight excluding hydrogens is 310 g/mol. The van der Waals surface area contributed by atoms with Crippen molar-refractivity contribution in [3.8, 4) is 0 Å². The lowest BCUT2D eigenvalue weighted by Crippen LogP contribution is -2.23. The summed E-state index contributed by atoms with van der Waals surface area (Å²) in [5.74, 6) is -0.260. The van der Waals surface area contributed by atoms with Crippen LogP contribution in [0.15, 0.2) is 83.9 Å². The maximum Gasteiger partial charge on any atom is 0.243 e. The second-order valence-corrected chi connectivity index (χ2v) is 5.91. The maximum atomic E-state index is 11.0. The molecule has 25 heavy (non-hydrogen) atoms. The monoisotopic (exact) mass is 329 g/mol. The first kappa shape index (κ1) is 16.8. The molecule has 1 aliphatic rings. The fraction of sp³-hybridized carbons (Fsp3) is 0.0909. The zero-order valence-electron chi connectivity index (χ0n) is 14.0. The van der Waals surface area contributed by atoms with Gasteiger partial charge in [0.15, 0.2) is 0 Å². The minimum atomic E-state index is -1.18. The molecule has 0 atom stereocenters. The lowest BCUT2D eigenvalue weighted by Gasteiger charge is -2.23. The average molecular weight is 329 g/mol. The van der Waals surface area contributed by atoms with Crippen LogP contribution in [0.25, 0.3) is 12.2 Å². The third-order valence-electron chi connectivity index (χ3n) is 3.94. The van der Waals surface area contributed by atoms with Crippen molar-refractivity contribution in [3.63, 3.8) is 0 Å². The Balaban J connectivity index is 1.76. The third-order valence-corrected chi connectivity index (χ3v) is 3.94. The molecule has 0 unspecified atom stereocenters. The highest BCUT2D eigenvalue weighted by molar-refractivity contribution is 6.10.